The van der Waals surface area contributed by atoms with Gasteiger partial charge in [-0.1, -0.05) is 17.2 Å². The van der Waals surface area contributed by atoms with Crippen LogP contribution in [0, 0.1) is 0 Å². The van der Waals surface area contributed by atoms with Crippen molar-refractivity contribution in [1.29, 1.82) is 0 Å². The smallest absolute Gasteiger partial charge is 0.266 e. The second kappa shape index (κ2) is 5.66. The van der Waals surface area contributed by atoms with E-state index >= 15 is 0 Å². The number of hydrogen-bond donors (Lipinski definition) is 1. The Bertz CT molecular complexity index is 666. The molecule has 0 saturated carbocycles. The van der Waals surface area contributed by atoms with Crippen LogP contribution in [-0.4, -0.2) is 17.1 Å². The fraction of sp³-hybridized carbons (Fsp3) is 0. The van der Waals surface area contributed by atoms with Gasteiger partial charge in [0.25, 0.3) is 11.8 Å². The highest BCUT2D eigenvalue weighted by Gasteiger charge is 2.36. The van der Waals surface area contributed by atoms with E-state index in [0.29, 0.717) is 21.7 Å². The van der Waals surface area contributed by atoms with Gasteiger partial charge in [0.15, 0.2) is 0 Å². The second-order valence-corrected chi connectivity index (χ2v) is 4.99. The zero-order valence-electron chi connectivity index (χ0n) is 10.6. The van der Waals surface area contributed by atoms with Gasteiger partial charge in [0.2, 0.25) is 0 Å². The molecule has 1 N–H and O–H groups in total. The molecule has 0 unspecified atom stereocenters. The van der Waals surface area contributed by atoms with E-state index in [-0.39, 0.29) is 11.8 Å². The molecule has 0 saturated heterocycles. The van der Waals surface area contributed by atoms with Gasteiger partial charge in [-0.05, 0) is 36.4 Å². The van der Waals surface area contributed by atoms with Crippen molar-refractivity contribution in [3.8, 4) is 0 Å². The minimum absolute atomic E-state index is 0.342. The van der Waals surface area contributed by atoms with Crippen LogP contribution in [0.5, 0.6) is 0 Å². The highest BCUT2D eigenvalue weighted by molar-refractivity contribution is 7.94. The van der Waals surface area contributed by atoms with Crippen molar-refractivity contribution < 1.29 is 24.2 Å². The van der Waals surface area contributed by atoms with Crippen LogP contribution in [0.4, 0.5) is 5.69 Å². The molecular weight excluding hydrogens is 294 g/mol. The fourth-order valence-electron chi connectivity index (χ4n) is 2.13. The van der Waals surface area contributed by atoms with Crippen LogP contribution in [0.2, 0.25) is 0 Å². The topological polar surface area (TPSA) is 76.1 Å². The summed E-state index contributed by atoms with van der Waals surface area (Å²) in [6.07, 6.45) is 0. The van der Waals surface area contributed by atoms with Crippen LogP contribution < -0.4 is 4.90 Å². The number of hydrogen-bond acceptors (Lipinski definition) is 6. The molecule has 0 radical (unpaired) electrons. The van der Waals surface area contributed by atoms with E-state index in [2.05, 4.69) is 9.37 Å². The number of imide groups is 1. The lowest BCUT2D eigenvalue weighted by atomic mass is 10.1. The first-order valence-corrected chi connectivity index (χ1v) is 6.69. The molecule has 1 aliphatic rings. The Hall–Kier alpha value is -2.19. The second-order valence-electron chi connectivity index (χ2n) is 4.21. The first-order valence-electron chi connectivity index (χ1n) is 5.95. The summed E-state index contributed by atoms with van der Waals surface area (Å²) in [6, 6.07) is 13.2. The quantitative estimate of drug-likeness (QED) is 0.405. The molecule has 0 atom stereocenters. The zero-order valence-corrected chi connectivity index (χ0v) is 11.4. The molecule has 1 heterocycles. The maximum absolute atomic E-state index is 12.3. The molecule has 7 heteroatoms. The molecule has 2 aromatic rings. The van der Waals surface area contributed by atoms with E-state index in [9.17, 15) is 9.59 Å². The third kappa shape index (κ3) is 2.43. The fourth-order valence-corrected chi connectivity index (χ4v) is 2.49. The summed E-state index contributed by atoms with van der Waals surface area (Å²) in [5.41, 5.74) is 1.27. The van der Waals surface area contributed by atoms with E-state index in [1.54, 1.807) is 48.5 Å². The predicted octanol–water partition coefficient (Wildman–Crippen LogP) is 2.92. The van der Waals surface area contributed by atoms with Gasteiger partial charge < -0.3 is 0 Å². The number of nitrogens with zero attached hydrogens (tertiary/aromatic N) is 1. The molecule has 21 heavy (non-hydrogen) atoms. The Morgan fingerprint density at radius 2 is 1.48 bits per heavy atom. The highest BCUT2D eigenvalue weighted by Crippen LogP contribution is 2.30. The van der Waals surface area contributed by atoms with Gasteiger partial charge in [-0.2, -0.15) is 0 Å². The van der Waals surface area contributed by atoms with Crippen molar-refractivity contribution in [2.24, 2.45) is 0 Å². The SMILES string of the molecule is O=C1c2ccccc2C(=O)N1c1ccc(SOOO)cc1. The molecule has 3 rings (SSSR count). The average molecular weight is 303 g/mol. The van der Waals surface area contributed by atoms with E-state index in [1.165, 1.54) is 0 Å². The first-order chi connectivity index (χ1) is 10.2. The van der Waals surface area contributed by atoms with Crippen LogP contribution in [-0.2, 0) is 9.37 Å². The third-order valence-electron chi connectivity index (χ3n) is 3.05. The first kappa shape index (κ1) is 13.8. The molecule has 106 valence electrons. The van der Waals surface area contributed by atoms with Crippen LogP contribution in [0.1, 0.15) is 20.7 Å². The lowest BCUT2D eigenvalue weighted by molar-refractivity contribution is -0.432. The van der Waals surface area contributed by atoms with Crippen molar-refractivity contribution in [2.75, 3.05) is 4.90 Å². The van der Waals surface area contributed by atoms with Crippen LogP contribution >= 0.6 is 12.0 Å². The number of benzene rings is 2. The largest absolute Gasteiger partial charge is 0.268 e. The number of fused-ring (bicyclic) bond motifs is 1. The molecule has 0 bridgehead atoms. The van der Waals surface area contributed by atoms with Gasteiger partial charge in [-0.25, -0.2) is 10.2 Å². The van der Waals surface area contributed by atoms with Gasteiger partial charge in [-0.15, -0.1) is 4.33 Å². The van der Waals surface area contributed by atoms with Crippen LogP contribution in [0.25, 0.3) is 0 Å². The van der Waals surface area contributed by atoms with E-state index in [4.69, 9.17) is 5.26 Å². The molecule has 0 aromatic heterocycles. The molecular formula is C14H9NO5S. The van der Waals surface area contributed by atoms with Crippen molar-refractivity contribution in [1.82, 2.24) is 0 Å². The maximum Gasteiger partial charge on any atom is 0.266 e. The van der Waals surface area contributed by atoms with Gasteiger partial charge in [0, 0.05) is 4.90 Å². The van der Waals surface area contributed by atoms with Gasteiger partial charge >= 0.3 is 0 Å². The van der Waals surface area contributed by atoms with E-state index in [1.807, 2.05) is 0 Å². The summed E-state index contributed by atoms with van der Waals surface area (Å²) >= 11 is 0.800. The van der Waals surface area contributed by atoms with Crippen molar-refractivity contribution in [3.05, 3.63) is 59.7 Å². The molecule has 6 nitrogen and oxygen atoms in total. The molecule has 0 aliphatic carbocycles. The lowest BCUT2D eigenvalue weighted by Gasteiger charge is -2.13. The molecule has 1 aliphatic heterocycles. The van der Waals surface area contributed by atoms with Crippen molar-refractivity contribution in [2.45, 2.75) is 4.90 Å². The number of amides is 2. The molecule has 2 aromatic carbocycles. The molecule has 2 amide bonds. The Balaban J connectivity index is 1.88. The summed E-state index contributed by atoms with van der Waals surface area (Å²) in [7, 11) is 0. The monoisotopic (exact) mass is 303 g/mol. The van der Waals surface area contributed by atoms with Gasteiger partial charge in [-0.3, -0.25) is 9.59 Å². The summed E-state index contributed by atoms with van der Waals surface area (Å²) in [5, 5.41) is 11.6. The summed E-state index contributed by atoms with van der Waals surface area (Å²) in [4.78, 5) is 26.3. The van der Waals surface area contributed by atoms with Crippen molar-refractivity contribution in [3.63, 3.8) is 0 Å². The third-order valence-corrected chi connectivity index (χ3v) is 3.64. The van der Waals surface area contributed by atoms with E-state index < -0.39 is 0 Å². The van der Waals surface area contributed by atoms with Gasteiger partial charge in [0.1, 0.15) is 0 Å². The summed E-state index contributed by atoms with van der Waals surface area (Å²) in [6.45, 7) is 0. The average Bonchev–Trinajstić information content (AvgIpc) is 2.78. The Morgan fingerprint density at radius 3 is 2.00 bits per heavy atom. The Morgan fingerprint density at radius 1 is 0.905 bits per heavy atom. The van der Waals surface area contributed by atoms with Gasteiger partial charge in [0.05, 0.1) is 28.9 Å². The molecule has 0 spiro atoms. The normalized spacial score (nSPS) is 13.7. The Labute approximate surface area is 124 Å². The number of anilines is 1. The Kier molecular flexibility index (Phi) is 3.72. The van der Waals surface area contributed by atoms with Crippen molar-refractivity contribution >= 4 is 29.5 Å². The summed E-state index contributed by atoms with van der Waals surface area (Å²) in [5.74, 6) is -0.683. The minimum atomic E-state index is -0.342. The molecule has 0 fully saturated rings. The van der Waals surface area contributed by atoms with Crippen LogP contribution in [0.3, 0.4) is 0 Å². The van der Waals surface area contributed by atoms with E-state index in [0.717, 1.165) is 16.9 Å². The summed E-state index contributed by atoms with van der Waals surface area (Å²) < 4.78 is 4.30. The highest BCUT2D eigenvalue weighted by atomic mass is 32.2. The number of rotatable bonds is 4. The minimum Gasteiger partial charge on any atom is -0.268 e. The lowest BCUT2D eigenvalue weighted by Crippen LogP contribution is -2.29. The number of carbonyl (C=O) groups is 2. The predicted molar refractivity (Wildman–Crippen MR) is 74.7 cm³/mol. The number of carbonyl (C=O) groups excluding carboxylic acids is 2. The standard InChI is InChI=1S/C14H9NO5S/c16-13-11-3-1-2-4-12(11)14(17)15(13)9-5-7-10(8-6-9)21-20-19-18/h1-8,18H. The maximum atomic E-state index is 12.3. The zero-order chi connectivity index (χ0) is 14.8. The van der Waals surface area contributed by atoms with Crippen LogP contribution in [0.15, 0.2) is 53.4 Å².